The molecule has 0 saturated heterocycles. The van der Waals surface area contributed by atoms with Crippen LogP contribution in [0, 0.1) is 0 Å². The number of hydrogen-bond donors (Lipinski definition) is 0. The molecule has 0 radical (unpaired) electrons. The Balaban J connectivity index is 1.15. The second kappa shape index (κ2) is 14.5. The number of nitrogens with zero attached hydrogens (tertiary/aromatic N) is 3. The largest absolute Gasteiger partial charge is 0.309 e. The van der Waals surface area contributed by atoms with E-state index in [2.05, 4.69) is 262 Å². The lowest BCUT2D eigenvalue weighted by Gasteiger charge is -2.35. The molecule has 0 atom stereocenters. The van der Waals surface area contributed by atoms with Crippen LogP contribution in [0.25, 0.3) is 82.5 Å². The lowest BCUT2D eigenvalue weighted by Crippen LogP contribution is -2.75. The predicted octanol–water partition coefficient (Wildman–Crippen LogP) is 12.4. The molecule has 13 aromatic rings. The summed E-state index contributed by atoms with van der Waals surface area (Å²) >= 11 is 0. The molecule has 0 amide bonds. The van der Waals surface area contributed by atoms with E-state index in [1.54, 1.807) is 0 Å². The highest BCUT2D eigenvalue weighted by atomic mass is 28.3. The zero-order chi connectivity index (χ0) is 42.2. The van der Waals surface area contributed by atoms with Crippen molar-refractivity contribution in [3.8, 4) is 17.1 Å². The maximum Gasteiger partial charge on any atom is 0.181 e. The van der Waals surface area contributed by atoms with Gasteiger partial charge in [-0.15, -0.1) is 0 Å². The van der Waals surface area contributed by atoms with E-state index in [0.717, 1.165) is 17.1 Å². The highest BCUT2D eigenvalue weighted by molar-refractivity contribution is 7.20. The van der Waals surface area contributed by atoms with Crippen molar-refractivity contribution in [2.24, 2.45) is 0 Å². The average Bonchev–Trinajstić information content (AvgIpc) is 4.01. The van der Waals surface area contributed by atoms with E-state index in [9.17, 15) is 0 Å². The first-order valence-electron chi connectivity index (χ1n) is 22.1. The van der Waals surface area contributed by atoms with Crippen LogP contribution in [0.2, 0.25) is 0 Å². The normalized spacial score (nSPS) is 12.1. The summed E-state index contributed by atoms with van der Waals surface area (Å²) in [5.74, 6) is 0. The zero-order valence-electron chi connectivity index (χ0n) is 35.0. The van der Waals surface area contributed by atoms with Gasteiger partial charge in [-0.2, -0.15) is 0 Å². The van der Waals surface area contributed by atoms with Crippen molar-refractivity contribution in [1.82, 2.24) is 13.7 Å². The molecule has 3 aromatic heterocycles. The van der Waals surface area contributed by atoms with Crippen molar-refractivity contribution in [3.63, 3.8) is 0 Å². The van der Waals surface area contributed by atoms with Crippen LogP contribution in [0.4, 0.5) is 0 Å². The van der Waals surface area contributed by atoms with Gasteiger partial charge in [-0.25, -0.2) is 0 Å². The maximum absolute atomic E-state index is 2.94. The van der Waals surface area contributed by atoms with Crippen LogP contribution in [0.1, 0.15) is 0 Å². The third kappa shape index (κ3) is 5.27. The fourth-order valence-electron chi connectivity index (χ4n) is 11.0. The molecule has 3 heterocycles. The van der Waals surface area contributed by atoms with E-state index in [0.29, 0.717) is 0 Å². The lowest BCUT2D eigenvalue weighted by atomic mass is 10.1. The maximum atomic E-state index is 2.57. The van der Waals surface area contributed by atoms with Crippen LogP contribution < -0.4 is 20.7 Å². The average molecular weight is 832 g/mol. The Kier molecular flexibility index (Phi) is 8.23. The highest BCUT2D eigenvalue weighted by Crippen LogP contribution is 2.39. The van der Waals surface area contributed by atoms with Gasteiger partial charge in [0.1, 0.15) is 0 Å². The summed E-state index contributed by atoms with van der Waals surface area (Å²) in [5.41, 5.74) is 10.6. The van der Waals surface area contributed by atoms with Crippen LogP contribution >= 0.6 is 0 Å². The van der Waals surface area contributed by atoms with Crippen LogP contribution in [-0.2, 0) is 0 Å². The minimum Gasteiger partial charge on any atom is -0.309 e. The first kappa shape index (κ1) is 36.5. The van der Waals surface area contributed by atoms with Gasteiger partial charge in [-0.3, -0.25) is 0 Å². The number of benzene rings is 10. The fraction of sp³-hybridized carbons (Fsp3) is 0. The Morgan fingerprint density at radius 1 is 0.234 bits per heavy atom. The van der Waals surface area contributed by atoms with Gasteiger partial charge in [0.15, 0.2) is 8.07 Å². The molecule has 10 aromatic carbocycles. The number of rotatable bonds is 7. The molecule has 4 heteroatoms. The quantitative estimate of drug-likeness (QED) is 0.112. The molecule has 13 rings (SSSR count). The summed E-state index contributed by atoms with van der Waals surface area (Å²) < 4.78 is 7.43. The topological polar surface area (TPSA) is 14.8 Å². The van der Waals surface area contributed by atoms with Gasteiger partial charge in [-0.05, 0) is 87.5 Å². The smallest absolute Gasteiger partial charge is 0.181 e. The van der Waals surface area contributed by atoms with Crippen molar-refractivity contribution in [2.45, 2.75) is 0 Å². The molecule has 0 aliphatic heterocycles. The van der Waals surface area contributed by atoms with Gasteiger partial charge in [0.05, 0.1) is 33.1 Å². The Bertz CT molecular complexity index is 3730. The summed E-state index contributed by atoms with van der Waals surface area (Å²) in [6.45, 7) is 0. The monoisotopic (exact) mass is 831 g/mol. The Hall–Kier alpha value is -8.18. The molecule has 0 fully saturated rings. The number of para-hydroxylation sites is 5. The second-order valence-electron chi connectivity index (χ2n) is 16.8. The molecule has 64 heavy (non-hydrogen) atoms. The van der Waals surface area contributed by atoms with E-state index in [-0.39, 0.29) is 0 Å². The molecule has 0 spiro atoms. The fourth-order valence-corrected chi connectivity index (χ4v) is 15.9. The van der Waals surface area contributed by atoms with E-state index in [1.165, 1.54) is 86.2 Å². The summed E-state index contributed by atoms with van der Waals surface area (Å²) in [4.78, 5) is 0. The molecular weight excluding hydrogens is 791 g/mol. The van der Waals surface area contributed by atoms with Crippen molar-refractivity contribution >= 4 is 94.2 Å². The molecule has 300 valence electrons. The second-order valence-corrected chi connectivity index (χ2v) is 20.6. The molecule has 0 N–H and O–H groups in total. The lowest BCUT2D eigenvalue weighted by molar-refractivity contribution is 1.16. The van der Waals surface area contributed by atoms with Crippen molar-refractivity contribution < 1.29 is 0 Å². The predicted molar refractivity (Wildman–Crippen MR) is 273 cm³/mol. The Morgan fingerprint density at radius 2 is 0.594 bits per heavy atom. The van der Waals surface area contributed by atoms with Crippen molar-refractivity contribution in [1.29, 1.82) is 0 Å². The Morgan fingerprint density at radius 3 is 1.09 bits per heavy atom. The molecule has 0 aliphatic carbocycles. The van der Waals surface area contributed by atoms with Crippen LogP contribution in [0.3, 0.4) is 0 Å². The van der Waals surface area contributed by atoms with Gasteiger partial charge in [0.25, 0.3) is 0 Å². The highest BCUT2D eigenvalue weighted by Gasteiger charge is 2.43. The third-order valence-electron chi connectivity index (χ3n) is 13.6. The number of aromatic nitrogens is 3. The van der Waals surface area contributed by atoms with Gasteiger partial charge in [0, 0.05) is 49.4 Å². The van der Waals surface area contributed by atoms with E-state index in [4.69, 9.17) is 0 Å². The van der Waals surface area contributed by atoms with E-state index in [1.807, 2.05) is 0 Å². The van der Waals surface area contributed by atoms with Crippen molar-refractivity contribution in [2.75, 3.05) is 0 Å². The summed E-state index contributed by atoms with van der Waals surface area (Å²) in [6.07, 6.45) is 0. The Labute approximate surface area is 372 Å². The zero-order valence-corrected chi connectivity index (χ0v) is 36.0. The van der Waals surface area contributed by atoms with E-state index >= 15 is 0 Å². The molecule has 0 unspecified atom stereocenters. The molecule has 0 saturated carbocycles. The van der Waals surface area contributed by atoms with Crippen LogP contribution in [0.5, 0.6) is 0 Å². The summed E-state index contributed by atoms with van der Waals surface area (Å²) in [5, 5.41) is 12.9. The SMILES string of the molecule is c1ccc(-n2c3ccc(-n4c5ccccc5c5ccccc54)cc3c3cc(-n4c5ccccc5c5cccc([Si](c6ccccc6)(c6ccccc6)c6ccccc6)c54)ccc32)cc1. The molecule has 3 nitrogen and oxygen atoms in total. The molecule has 0 aliphatic rings. The first-order chi connectivity index (χ1) is 31.8. The first-order valence-corrected chi connectivity index (χ1v) is 24.1. The van der Waals surface area contributed by atoms with Gasteiger partial charge < -0.3 is 13.7 Å². The van der Waals surface area contributed by atoms with E-state index < -0.39 is 8.07 Å². The molecule has 0 bridgehead atoms. The molecular formula is C60H41N3Si. The number of fused-ring (bicyclic) bond motifs is 9. The number of hydrogen-bond acceptors (Lipinski definition) is 0. The van der Waals surface area contributed by atoms with Gasteiger partial charge in [0.2, 0.25) is 0 Å². The summed E-state index contributed by atoms with van der Waals surface area (Å²) in [6, 6.07) is 92.4. The summed E-state index contributed by atoms with van der Waals surface area (Å²) in [7, 11) is -2.94. The van der Waals surface area contributed by atoms with Crippen LogP contribution in [0.15, 0.2) is 249 Å². The van der Waals surface area contributed by atoms with Gasteiger partial charge in [-0.1, -0.05) is 182 Å². The van der Waals surface area contributed by atoms with Gasteiger partial charge >= 0.3 is 0 Å². The third-order valence-corrected chi connectivity index (χ3v) is 18.4. The minimum atomic E-state index is -2.94. The minimum absolute atomic E-state index is 1.14. The van der Waals surface area contributed by atoms with Crippen LogP contribution in [-0.4, -0.2) is 21.8 Å². The standard InChI is InChI=1S/C60H41N3Si/c1-5-20-42(21-6-1)61-57-38-36-43(62-54-32-16-13-28-48(54)49-29-14-17-33-55(49)62)40-52(57)53-41-44(37-39-58(53)61)63-56-34-18-15-30-50(56)51-31-19-35-59(60(51)63)64(45-22-7-2-8-23-45,46-24-9-3-10-25-46)47-26-11-4-12-27-47/h1-41H. The van der Waals surface area contributed by atoms with Crippen molar-refractivity contribution in [3.05, 3.63) is 249 Å².